The maximum absolute atomic E-state index is 12.2. The summed E-state index contributed by atoms with van der Waals surface area (Å²) in [4.78, 5) is 12.2. The first kappa shape index (κ1) is 12.9. The van der Waals surface area contributed by atoms with Crippen molar-refractivity contribution in [2.75, 3.05) is 6.79 Å². The van der Waals surface area contributed by atoms with E-state index in [0.717, 1.165) is 0 Å². The van der Waals surface area contributed by atoms with Gasteiger partial charge >= 0.3 is 0 Å². The van der Waals surface area contributed by atoms with Gasteiger partial charge in [-0.1, -0.05) is 0 Å². The molecule has 2 aliphatic heterocycles. The van der Waals surface area contributed by atoms with Crippen LogP contribution in [0.3, 0.4) is 0 Å². The molecule has 21 heavy (non-hydrogen) atoms. The van der Waals surface area contributed by atoms with Gasteiger partial charge < -0.3 is 30.1 Å². The summed E-state index contributed by atoms with van der Waals surface area (Å²) in [6, 6.07) is 2.61. The van der Waals surface area contributed by atoms with E-state index in [1.165, 1.54) is 0 Å². The molecule has 1 fully saturated rings. The molecule has 7 heteroatoms. The molecular formula is C14H15NO6. The zero-order valence-corrected chi connectivity index (χ0v) is 11.0. The van der Waals surface area contributed by atoms with Crippen LogP contribution in [0, 0.1) is 0 Å². The molecule has 7 nitrogen and oxygen atoms in total. The molecule has 5 atom stereocenters. The van der Waals surface area contributed by atoms with Gasteiger partial charge in [0.15, 0.2) is 11.5 Å². The number of aliphatic hydroxyl groups is 3. The molecule has 1 aliphatic carbocycles. The summed E-state index contributed by atoms with van der Waals surface area (Å²) in [5, 5.41) is 33.0. The van der Waals surface area contributed by atoms with Gasteiger partial charge in [-0.15, -0.1) is 0 Å². The summed E-state index contributed by atoms with van der Waals surface area (Å²) in [5.41, 5.74) is 0.944. The van der Waals surface area contributed by atoms with Crippen LogP contribution in [0.2, 0.25) is 0 Å². The van der Waals surface area contributed by atoms with E-state index in [4.69, 9.17) is 9.47 Å². The van der Waals surface area contributed by atoms with Crippen molar-refractivity contribution in [3.8, 4) is 11.5 Å². The fraction of sp³-hybridized carbons (Fsp3) is 0.500. The highest BCUT2D eigenvalue weighted by molar-refractivity contribution is 5.98. The van der Waals surface area contributed by atoms with E-state index in [0.29, 0.717) is 22.6 Å². The molecule has 1 aromatic carbocycles. The van der Waals surface area contributed by atoms with Crippen LogP contribution in [0.5, 0.6) is 11.5 Å². The predicted octanol–water partition coefficient (Wildman–Crippen LogP) is -0.903. The molecule has 0 aromatic heterocycles. The first-order valence-corrected chi connectivity index (χ1v) is 6.85. The van der Waals surface area contributed by atoms with E-state index in [9.17, 15) is 20.1 Å². The summed E-state index contributed by atoms with van der Waals surface area (Å²) in [6.07, 6.45) is -2.97. The summed E-state index contributed by atoms with van der Waals surface area (Å²) in [7, 11) is 0. The maximum Gasteiger partial charge on any atom is 0.252 e. The largest absolute Gasteiger partial charge is 0.454 e. The Bertz CT molecular complexity index is 618. The molecule has 0 spiro atoms. The zero-order chi connectivity index (χ0) is 14.7. The molecular weight excluding hydrogens is 278 g/mol. The maximum atomic E-state index is 12.2. The number of amides is 1. The minimum Gasteiger partial charge on any atom is -0.454 e. The number of fused-ring (bicyclic) bond motifs is 4. The summed E-state index contributed by atoms with van der Waals surface area (Å²) >= 11 is 0. The van der Waals surface area contributed by atoms with Crippen LogP contribution < -0.4 is 14.8 Å². The van der Waals surface area contributed by atoms with Gasteiger partial charge in [-0.05, 0) is 17.7 Å². The standard InChI is InChI=1S/C14H15NO6/c16-7-3-8(17)13(18)11-5-1-9-10(21-4-20-9)2-6(5)14(19)15-12(7)11/h1-2,7-8,11-13,16-18H,3-4H2,(H,15,19)/t7-,8-,11-,12-,13-/m1/s1. The van der Waals surface area contributed by atoms with Crippen molar-refractivity contribution in [2.24, 2.45) is 0 Å². The molecule has 0 unspecified atom stereocenters. The Morgan fingerprint density at radius 1 is 1.10 bits per heavy atom. The van der Waals surface area contributed by atoms with Crippen LogP contribution in [-0.2, 0) is 0 Å². The lowest BCUT2D eigenvalue weighted by molar-refractivity contribution is -0.0788. The van der Waals surface area contributed by atoms with E-state index >= 15 is 0 Å². The summed E-state index contributed by atoms with van der Waals surface area (Å²) in [5.74, 6) is 0.0795. The highest BCUT2D eigenvalue weighted by atomic mass is 16.7. The number of carbonyl (C=O) groups is 1. The van der Waals surface area contributed by atoms with Gasteiger partial charge in [0.2, 0.25) is 6.79 Å². The van der Waals surface area contributed by atoms with Crippen molar-refractivity contribution in [3.63, 3.8) is 0 Å². The van der Waals surface area contributed by atoms with Gasteiger partial charge in [0.05, 0.1) is 24.4 Å². The third-order valence-electron chi connectivity index (χ3n) is 4.49. The molecule has 1 saturated carbocycles. The smallest absolute Gasteiger partial charge is 0.252 e. The van der Waals surface area contributed by atoms with Crippen LogP contribution >= 0.6 is 0 Å². The van der Waals surface area contributed by atoms with Gasteiger partial charge in [0.1, 0.15) is 0 Å². The SMILES string of the molecule is O=C1N[C@H]2[C@@H](c3cc4c(cc31)OCO4)[C@H](O)[C@H](O)C[C@H]2O. The molecule has 3 aliphatic rings. The lowest BCUT2D eigenvalue weighted by atomic mass is 9.71. The Kier molecular flexibility index (Phi) is 2.66. The number of hydrogen-bond acceptors (Lipinski definition) is 6. The molecule has 0 bridgehead atoms. The Hall–Kier alpha value is -1.83. The van der Waals surface area contributed by atoms with Crippen molar-refractivity contribution >= 4 is 5.91 Å². The number of carbonyl (C=O) groups excluding carboxylic acids is 1. The quantitative estimate of drug-likeness (QED) is 0.493. The molecule has 4 rings (SSSR count). The van der Waals surface area contributed by atoms with E-state index < -0.39 is 30.3 Å². The average Bonchev–Trinajstić information content (AvgIpc) is 2.90. The summed E-state index contributed by atoms with van der Waals surface area (Å²) in [6.45, 7) is 0.0851. The second-order valence-corrected chi connectivity index (χ2v) is 5.68. The Balaban J connectivity index is 1.86. The minimum absolute atomic E-state index is 0.0303. The number of benzene rings is 1. The number of ether oxygens (including phenoxy) is 2. The van der Waals surface area contributed by atoms with Crippen molar-refractivity contribution in [2.45, 2.75) is 36.7 Å². The second kappa shape index (κ2) is 4.33. The highest BCUT2D eigenvalue weighted by Gasteiger charge is 2.48. The number of hydrogen-bond donors (Lipinski definition) is 4. The van der Waals surface area contributed by atoms with Gasteiger partial charge in [-0.2, -0.15) is 0 Å². The van der Waals surface area contributed by atoms with E-state index in [2.05, 4.69) is 5.32 Å². The number of aliphatic hydroxyl groups excluding tert-OH is 3. The molecule has 0 radical (unpaired) electrons. The predicted molar refractivity (Wildman–Crippen MR) is 69.2 cm³/mol. The van der Waals surface area contributed by atoms with Crippen molar-refractivity contribution < 1.29 is 29.6 Å². The zero-order valence-electron chi connectivity index (χ0n) is 11.0. The van der Waals surface area contributed by atoms with Crippen LogP contribution in [-0.4, -0.2) is 52.4 Å². The van der Waals surface area contributed by atoms with Crippen LogP contribution in [0.1, 0.15) is 28.3 Å². The Labute approximate surface area is 120 Å². The third-order valence-corrected chi connectivity index (χ3v) is 4.49. The lowest BCUT2D eigenvalue weighted by Gasteiger charge is -2.45. The first-order valence-electron chi connectivity index (χ1n) is 6.85. The molecule has 112 valence electrons. The van der Waals surface area contributed by atoms with E-state index in [-0.39, 0.29) is 19.1 Å². The van der Waals surface area contributed by atoms with Crippen LogP contribution in [0.4, 0.5) is 0 Å². The Morgan fingerprint density at radius 2 is 1.81 bits per heavy atom. The van der Waals surface area contributed by atoms with E-state index in [1.807, 2.05) is 0 Å². The monoisotopic (exact) mass is 293 g/mol. The number of rotatable bonds is 0. The Morgan fingerprint density at radius 3 is 2.57 bits per heavy atom. The van der Waals surface area contributed by atoms with Gasteiger partial charge in [-0.25, -0.2) is 0 Å². The van der Waals surface area contributed by atoms with Gasteiger partial charge in [0.25, 0.3) is 5.91 Å². The van der Waals surface area contributed by atoms with Crippen LogP contribution in [0.15, 0.2) is 12.1 Å². The molecule has 1 aromatic rings. The fourth-order valence-corrected chi connectivity index (χ4v) is 3.45. The number of nitrogens with one attached hydrogen (secondary N) is 1. The van der Waals surface area contributed by atoms with Crippen molar-refractivity contribution in [1.82, 2.24) is 5.32 Å². The first-order chi connectivity index (χ1) is 10.1. The second-order valence-electron chi connectivity index (χ2n) is 5.68. The molecule has 1 amide bonds. The van der Waals surface area contributed by atoms with Gasteiger partial charge in [-0.3, -0.25) is 4.79 Å². The van der Waals surface area contributed by atoms with Gasteiger partial charge in [0, 0.05) is 17.9 Å². The average molecular weight is 293 g/mol. The van der Waals surface area contributed by atoms with Crippen molar-refractivity contribution in [1.29, 1.82) is 0 Å². The topological polar surface area (TPSA) is 108 Å². The summed E-state index contributed by atoms with van der Waals surface area (Å²) < 4.78 is 10.6. The molecule has 2 heterocycles. The van der Waals surface area contributed by atoms with Crippen LogP contribution in [0.25, 0.3) is 0 Å². The van der Waals surface area contributed by atoms with E-state index in [1.54, 1.807) is 12.1 Å². The lowest BCUT2D eigenvalue weighted by Crippen LogP contribution is -2.60. The fourth-order valence-electron chi connectivity index (χ4n) is 3.45. The van der Waals surface area contributed by atoms with Crippen molar-refractivity contribution in [3.05, 3.63) is 23.3 Å². The minimum atomic E-state index is -1.06. The molecule has 4 N–H and O–H groups in total. The highest BCUT2D eigenvalue weighted by Crippen LogP contribution is 2.44. The molecule has 0 saturated heterocycles. The third kappa shape index (κ3) is 1.75. The normalized spacial score (nSPS) is 36.7.